The van der Waals surface area contributed by atoms with Gasteiger partial charge in [0.05, 0.1) is 16.8 Å². The predicted molar refractivity (Wildman–Crippen MR) is 94.0 cm³/mol. The minimum Gasteiger partial charge on any atom is -0.325 e. The van der Waals surface area contributed by atoms with Crippen LogP contribution in [0.5, 0.6) is 0 Å². The Balaban J connectivity index is 1.54. The number of thioether (sulfide) groups is 1. The number of hydrogen-bond donors (Lipinski definition) is 1. The lowest BCUT2D eigenvalue weighted by Gasteiger charge is -2.07. The van der Waals surface area contributed by atoms with Crippen molar-refractivity contribution in [1.82, 2.24) is 19.6 Å². The molecule has 0 atom stereocenters. The Labute approximate surface area is 150 Å². The van der Waals surface area contributed by atoms with Crippen molar-refractivity contribution in [2.75, 3.05) is 11.1 Å². The number of halogens is 2. The van der Waals surface area contributed by atoms with E-state index in [0.29, 0.717) is 10.7 Å². The number of amides is 1. The van der Waals surface area contributed by atoms with Gasteiger partial charge in [-0.3, -0.25) is 9.20 Å². The van der Waals surface area contributed by atoms with Gasteiger partial charge in [-0.05, 0) is 24.3 Å². The molecule has 6 nitrogen and oxygen atoms in total. The predicted octanol–water partition coefficient (Wildman–Crippen LogP) is 3.29. The maximum absolute atomic E-state index is 13.2. The van der Waals surface area contributed by atoms with Crippen LogP contribution in [0.4, 0.5) is 14.5 Å². The van der Waals surface area contributed by atoms with Gasteiger partial charge >= 0.3 is 0 Å². The number of anilines is 1. The lowest BCUT2D eigenvalue weighted by atomic mass is 10.3. The van der Waals surface area contributed by atoms with Crippen molar-refractivity contribution < 1.29 is 13.6 Å². The van der Waals surface area contributed by atoms with E-state index >= 15 is 0 Å². The number of nitrogens with one attached hydrogen (secondary N) is 1. The van der Waals surface area contributed by atoms with Crippen LogP contribution in [-0.2, 0) is 4.79 Å². The molecule has 9 heteroatoms. The van der Waals surface area contributed by atoms with E-state index in [0.717, 1.165) is 23.2 Å². The van der Waals surface area contributed by atoms with Crippen molar-refractivity contribution >= 4 is 40.0 Å². The molecule has 0 saturated heterocycles. The molecule has 0 spiro atoms. The molecule has 0 saturated carbocycles. The molecule has 2 heterocycles. The lowest BCUT2D eigenvalue weighted by Crippen LogP contribution is -2.14. The van der Waals surface area contributed by atoms with Crippen molar-refractivity contribution in [2.45, 2.75) is 5.03 Å². The number of nitrogens with zero attached hydrogens (tertiary/aromatic N) is 4. The van der Waals surface area contributed by atoms with E-state index in [1.807, 2.05) is 24.3 Å². The third-order valence-corrected chi connectivity index (χ3v) is 4.60. The first-order valence-electron chi connectivity index (χ1n) is 7.58. The fourth-order valence-corrected chi connectivity index (χ4v) is 3.25. The molecule has 2 aromatic heterocycles. The van der Waals surface area contributed by atoms with Gasteiger partial charge < -0.3 is 5.32 Å². The second kappa shape index (κ2) is 6.68. The van der Waals surface area contributed by atoms with E-state index in [2.05, 4.69) is 20.5 Å². The van der Waals surface area contributed by atoms with Gasteiger partial charge in [0.2, 0.25) is 5.91 Å². The van der Waals surface area contributed by atoms with Crippen molar-refractivity contribution in [1.29, 1.82) is 0 Å². The van der Waals surface area contributed by atoms with E-state index in [1.165, 1.54) is 17.8 Å². The quantitative estimate of drug-likeness (QED) is 0.558. The summed E-state index contributed by atoms with van der Waals surface area (Å²) in [5.41, 5.74) is 2.36. The smallest absolute Gasteiger partial charge is 0.234 e. The molecule has 130 valence electrons. The molecule has 0 radical (unpaired) electrons. The molecular weight excluding hydrogens is 360 g/mol. The number of fused-ring (bicyclic) bond motifs is 3. The third-order valence-electron chi connectivity index (χ3n) is 3.65. The van der Waals surface area contributed by atoms with Gasteiger partial charge in [-0.25, -0.2) is 13.8 Å². The molecule has 1 N–H and O–H groups in total. The van der Waals surface area contributed by atoms with Crippen LogP contribution in [0, 0.1) is 11.6 Å². The Morgan fingerprint density at radius 1 is 1.15 bits per heavy atom. The molecule has 0 unspecified atom stereocenters. The molecule has 4 rings (SSSR count). The van der Waals surface area contributed by atoms with Gasteiger partial charge in [0, 0.05) is 11.8 Å². The number of aromatic nitrogens is 4. The average molecular weight is 371 g/mol. The minimum absolute atomic E-state index is 0.0346. The fourth-order valence-electron chi connectivity index (χ4n) is 2.48. The van der Waals surface area contributed by atoms with Crippen LogP contribution in [0.25, 0.3) is 16.7 Å². The molecule has 0 aliphatic heterocycles. The summed E-state index contributed by atoms with van der Waals surface area (Å²) in [5.74, 6) is -2.32. The number of benzene rings is 2. The van der Waals surface area contributed by atoms with Crippen LogP contribution in [0.15, 0.2) is 53.8 Å². The molecule has 2 aromatic carbocycles. The first kappa shape index (κ1) is 16.4. The highest BCUT2D eigenvalue weighted by Crippen LogP contribution is 2.24. The summed E-state index contributed by atoms with van der Waals surface area (Å²) in [5, 5.41) is 11.0. The monoisotopic (exact) mass is 371 g/mol. The van der Waals surface area contributed by atoms with E-state index in [9.17, 15) is 13.6 Å². The summed E-state index contributed by atoms with van der Waals surface area (Å²) >= 11 is 1.19. The topological polar surface area (TPSA) is 72.2 Å². The van der Waals surface area contributed by atoms with Crippen LogP contribution < -0.4 is 5.32 Å². The Bertz CT molecular complexity index is 1130. The molecule has 4 aromatic rings. The summed E-state index contributed by atoms with van der Waals surface area (Å²) in [4.78, 5) is 16.6. The summed E-state index contributed by atoms with van der Waals surface area (Å²) in [6, 6.07) is 10.7. The zero-order chi connectivity index (χ0) is 18.1. The first-order valence-corrected chi connectivity index (χ1v) is 8.56. The summed E-state index contributed by atoms with van der Waals surface area (Å²) in [7, 11) is 0. The standard InChI is InChI=1S/C17H11F2N5OS/c18-11-6-5-10(7-12(11)19)21-15(25)8-26-17-16-23-20-9-24(16)14-4-2-1-3-13(14)22-17/h1-7,9H,8H2,(H,21,25). The molecule has 0 aliphatic rings. The van der Waals surface area contributed by atoms with Crippen molar-refractivity contribution in [3.63, 3.8) is 0 Å². The Kier molecular flexibility index (Phi) is 4.21. The van der Waals surface area contributed by atoms with Crippen LogP contribution in [0.2, 0.25) is 0 Å². The Morgan fingerprint density at radius 3 is 2.85 bits per heavy atom. The van der Waals surface area contributed by atoms with E-state index in [1.54, 1.807) is 10.7 Å². The number of hydrogen-bond acceptors (Lipinski definition) is 5. The Hall–Kier alpha value is -3.07. The van der Waals surface area contributed by atoms with Crippen molar-refractivity contribution in [3.05, 3.63) is 60.4 Å². The maximum Gasteiger partial charge on any atom is 0.234 e. The molecule has 0 aliphatic carbocycles. The number of carbonyl (C=O) groups excluding carboxylic acids is 1. The first-order chi connectivity index (χ1) is 12.6. The van der Waals surface area contributed by atoms with Gasteiger partial charge in [0.1, 0.15) is 11.4 Å². The molecule has 26 heavy (non-hydrogen) atoms. The van der Waals surface area contributed by atoms with E-state index in [-0.39, 0.29) is 17.3 Å². The van der Waals surface area contributed by atoms with Crippen LogP contribution in [-0.4, -0.2) is 31.2 Å². The SMILES string of the molecule is O=C(CSc1nc2ccccc2n2cnnc12)Nc1ccc(F)c(F)c1. The van der Waals surface area contributed by atoms with Gasteiger partial charge in [0.25, 0.3) is 0 Å². The minimum atomic E-state index is -1.02. The Morgan fingerprint density at radius 2 is 2.00 bits per heavy atom. The third kappa shape index (κ3) is 3.08. The van der Waals surface area contributed by atoms with Crippen LogP contribution in [0.3, 0.4) is 0 Å². The largest absolute Gasteiger partial charge is 0.325 e. The van der Waals surface area contributed by atoms with Gasteiger partial charge in [-0.2, -0.15) is 0 Å². The normalized spacial score (nSPS) is 11.2. The average Bonchev–Trinajstić information content (AvgIpc) is 3.13. The molecular formula is C17H11F2N5OS. The molecule has 1 amide bonds. The molecule has 0 bridgehead atoms. The summed E-state index contributed by atoms with van der Waals surface area (Å²) in [6.07, 6.45) is 1.59. The summed E-state index contributed by atoms with van der Waals surface area (Å²) in [6.45, 7) is 0. The zero-order valence-corrected chi connectivity index (χ0v) is 14.0. The zero-order valence-electron chi connectivity index (χ0n) is 13.2. The number of carbonyl (C=O) groups is 1. The molecule has 0 fully saturated rings. The highest BCUT2D eigenvalue weighted by molar-refractivity contribution is 8.00. The van der Waals surface area contributed by atoms with E-state index < -0.39 is 11.6 Å². The highest BCUT2D eigenvalue weighted by atomic mass is 32.2. The van der Waals surface area contributed by atoms with Crippen LogP contribution >= 0.6 is 11.8 Å². The van der Waals surface area contributed by atoms with E-state index in [4.69, 9.17) is 0 Å². The van der Waals surface area contributed by atoms with Crippen molar-refractivity contribution in [3.8, 4) is 0 Å². The summed E-state index contributed by atoms with van der Waals surface area (Å²) < 4.78 is 27.9. The van der Waals surface area contributed by atoms with Crippen molar-refractivity contribution in [2.24, 2.45) is 0 Å². The fraction of sp³-hybridized carbons (Fsp3) is 0.0588. The number of rotatable bonds is 4. The highest BCUT2D eigenvalue weighted by Gasteiger charge is 2.13. The number of para-hydroxylation sites is 2. The van der Waals surface area contributed by atoms with Crippen LogP contribution in [0.1, 0.15) is 0 Å². The maximum atomic E-state index is 13.2. The van der Waals surface area contributed by atoms with Gasteiger partial charge in [-0.15, -0.1) is 10.2 Å². The second-order valence-electron chi connectivity index (χ2n) is 5.40. The van der Waals surface area contributed by atoms with Gasteiger partial charge in [-0.1, -0.05) is 23.9 Å². The van der Waals surface area contributed by atoms with Gasteiger partial charge in [0.15, 0.2) is 17.3 Å². The lowest BCUT2D eigenvalue weighted by molar-refractivity contribution is -0.113. The second-order valence-corrected chi connectivity index (χ2v) is 6.36.